The highest BCUT2D eigenvalue weighted by molar-refractivity contribution is 14.1. The van der Waals surface area contributed by atoms with E-state index in [9.17, 15) is 9.59 Å². The van der Waals surface area contributed by atoms with Crippen molar-refractivity contribution in [3.63, 3.8) is 0 Å². The molecule has 4 aliphatic carbocycles. The molecule has 0 saturated heterocycles. The van der Waals surface area contributed by atoms with Crippen molar-refractivity contribution in [2.24, 2.45) is 28.6 Å². The van der Waals surface area contributed by atoms with E-state index in [4.69, 9.17) is 4.74 Å². The first-order valence-corrected chi connectivity index (χ1v) is 11.5. The van der Waals surface area contributed by atoms with E-state index < -0.39 is 0 Å². The quantitative estimate of drug-likeness (QED) is 0.310. The SMILES string of the molecule is C[C@]12CC[C@H]3[C@@H](CCC4=CC(=O)CC[C@@]43C)[C@@H]1CC[C@@H]2OC(=O)CC#CI. The van der Waals surface area contributed by atoms with Gasteiger partial charge in [-0.2, -0.15) is 0 Å². The van der Waals surface area contributed by atoms with Gasteiger partial charge in [0, 0.05) is 34.4 Å². The first-order valence-electron chi connectivity index (χ1n) is 10.4. The molecular formula is C23H29IO3. The van der Waals surface area contributed by atoms with Gasteiger partial charge in [-0.25, -0.2) is 0 Å². The molecule has 0 amide bonds. The zero-order valence-electron chi connectivity index (χ0n) is 16.4. The summed E-state index contributed by atoms with van der Waals surface area (Å²) in [5.74, 6) is 5.00. The Morgan fingerprint density at radius 2 is 2.00 bits per heavy atom. The Morgan fingerprint density at radius 1 is 1.19 bits per heavy atom. The van der Waals surface area contributed by atoms with Gasteiger partial charge in [-0.05, 0) is 78.1 Å². The maximum Gasteiger partial charge on any atom is 0.318 e. The monoisotopic (exact) mass is 480 g/mol. The molecule has 4 aliphatic rings. The molecular weight excluding hydrogens is 451 g/mol. The van der Waals surface area contributed by atoms with E-state index in [1.807, 2.05) is 28.7 Å². The molecule has 0 radical (unpaired) electrons. The molecule has 6 atom stereocenters. The Morgan fingerprint density at radius 3 is 2.78 bits per heavy atom. The molecule has 0 aliphatic heterocycles. The summed E-state index contributed by atoms with van der Waals surface area (Å²) in [6.45, 7) is 4.78. The fourth-order valence-corrected chi connectivity index (χ4v) is 7.20. The van der Waals surface area contributed by atoms with Gasteiger partial charge in [0.05, 0.1) is 0 Å². The van der Waals surface area contributed by atoms with Crippen molar-refractivity contribution in [3.8, 4) is 9.85 Å². The maximum atomic E-state index is 12.2. The van der Waals surface area contributed by atoms with Gasteiger partial charge in [0.2, 0.25) is 0 Å². The van der Waals surface area contributed by atoms with Crippen LogP contribution < -0.4 is 0 Å². The second kappa shape index (κ2) is 7.21. The summed E-state index contributed by atoms with van der Waals surface area (Å²) in [5.41, 5.74) is 1.74. The highest BCUT2D eigenvalue weighted by Gasteiger charge is 2.59. The normalized spacial score (nSPS) is 42.8. The summed E-state index contributed by atoms with van der Waals surface area (Å²) in [7, 11) is 0. The molecule has 4 heteroatoms. The lowest BCUT2D eigenvalue weighted by Gasteiger charge is -2.57. The van der Waals surface area contributed by atoms with Gasteiger partial charge < -0.3 is 4.74 Å². The van der Waals surface area contributed by atoms with Crippen molar-refractivity contribution in [2.45, 2.75) is 77.7 Å². The number of carbonyl (C=O) groups excluding carboxylic acids is 2. The van der Waals surface area contributed by atoms with Crippen LogP contribution in [0.5, 0.6) is 0 Å². The summed E-state index contributed by atoms with van der Waals surface area (Å²) in [5, 5.41) is 0. The van der Waals surface area contributed by atoms with Crippen LogP contribution in [0.4, 0.5) is 0 Å². The Labute approximate surface area is 176 Å². The van der Waals surface area contributed by atoms with Gasteiger partial charge in [0.1, 0.15) is 12.5 Å². The first kappa shape index (κ1) is 19.5. The number of hydrogen-bond donors (Lipinski definition) is 0. The van der Waals surface area contributed by atoms with Gasteiger partial charge >= 0.3 is 5.97 Å². The third-order valence-corrected chi connectivity index (χ3v) is 8.83. The van der Waals surface area contributed by atoms with Crippen LogP contribution in [-0.4, -0.2) is 17.9 Å². The van der Waals surface area contributed by atoms with Crippen LogP contribution in [0.3, 0.4) is 0 Å². The van der Waals surface area contributed by atoms with E-state index in [2.05, 4.69) is 23.7 Å². The highest BCUT2D eigenvalue weighted by Crippen LogP contribution is 2.65. The number of fused-ring (bicyclic) bond motifs is 5. The van der Waals surface area contributed by atoms with Crippen LogP contribution in [0, 0.1) is 38.4 Å². The minimum absolute atomic E-state index is 0.0460. The van der Waals surface area contributed by atoms with Gasteiger partial charge in [-0.15, -0.1) is 0 Å². The summed E-state index contributed by atoms with van der Waals surface area (Å²) >= 11 is 1.96. The molecule has 146 valence electrons. The van der Waals surface area contributed by atoms with Crippen LogP contribution in [-0.2, 0) is 14.3 Å². The molecule has 0 N–H and O–H groups in total. The Hall–Kier alpha value is -0.830. The molecule has 0 heterocycles. The molecule has 0 aromatic rings. The van der Waals surface area contributed by atoms with Gasteiger partial charge in [0.15, 0.2) is 5.78 Å². The lowest BCUT2D eigenvalue weighted by Crippen LogP contribution is -2.51. The molecule has 3 saturated carbocycles. The molecule has 3 nitrogen and oxygen atoms in total. The Bertz CT molecular complexity index is 744. The van der Waals surface area contributed by atoms with E-state index in [1.165, 1.54) is 24.8 Å². The van der Waals surface area contributed by atoms with E-state index >= 15 is 0 Å². The van der Waals surface area contributed by atoms with Crippen molar-refractivity contribution in [2.75, 3.05) is 0 Å². The molecule has 27 heavy (non-hydrogen) atoms. The maximum absolute atomic E-state index is 12.2. The van der Waals surface area contributed by atoms with E-state index in [-0.39, 0.29) is 29.3 Å². The summed E-state index contributed by atoms with van der Waals surface area (Å²) in [4.78, 5) is 24.1. The van der Waals surface area contributed by atoms with Crippen molar-refractivity contribution < 1.29 is 14.3 Å². The molecule has 0 bridgehead atoms. The lowest BCUT2D eigenvalue weighted by atomic mass is 9.47. The van der Waals surface area contributed by atoms with Crippen LogP contribution in [0.15, 0.2) is 11.6 Å². The molecule has 3 fully saturated rings. The molecule has 0 spiro atoms. The summed E-state index contributed by atoms with van der Waals surface area (Å²) in [6, 6.07) is 0. The van der Waals surface area contributed by atoms with Gasteiger partial charge in [-0.1, -0.05) is 25.3 Å². The smallest absolute Gasteiger partial charge is 0.318 e. The minimum Gasteiger partial charge on any atom is -0.461 e. The average molecular weight is 480 g/mol. The van der Waals surface area contributed by atoms with Crippen molar-refractivity contribution in [3.05, 3.63) is 11.6 Å². The number of esters is 1. The molecule has 0 aromatic heterocycles. The number of carbonyl (C=O) groups is 2. The predicted molar refractivity (Wildman–Crippen MR) is 113 cm³/mol. The zero-order valence-corrected chi connectivity index (χ0v) is 18.5. The second-order valence-electron chi connectivity index (χ2n) is 9.52. The van der Waals surface area contributed by atoms with Crippen LogP contribution in [0.2, 0.25) is 0 Å². The van der Waals surface area contributed by atoms with Crippen LogP contribution >= 0.6 is 22.6 Å². The number of rotatable bonds is 2. The fraction of sp³-hybridized carbons (Fsp3) is 0.739. The standard InChI is InChI=1S/C23H29IO3/c1-22-11-9-16(25)14-15(22)5-6-17-18-7-8-20(27-21(26)4-3-13-24)23(18,2)12-10-19(17)22/h14,17-20H,4-12H2,1-2H3/t17-,18-,19-,20-,22-,23-/m0/s1. The van der Waals surface area contributed by atoms with Gasteiger partial charge in [0.25, 0.3) is 0 Å². The Kier molecular flexibility index (Phi) is 5.20. The van der Waals surface area contributed by atoms with Crippen molar-refractivity contribution >= 4 is 34.3 Å². The van der Waals surface area contributed by atoms with E-state index in [0.717, 1.165) is 25.7 Å². The van der Waals surface area contributed by atoms with E-state index in [0.29, 0.717) is 30.0 Å². The second-order valence-corrected chi connectivity index (χ2v) is 10.1. The van der Waals surface area contributed by atoms with Gasteiger partial charge in [-0.3, -0.25) is 9.59 Å². The molecule has 4 rings (SSSR count). The number of halogens is 1. The predicted octanol–water partition coefficient (Wildman–Crippen LogP) is 5.22. The number of ketones is 1. The topological polar surface area (TPSA) is 43.4 Å². The first-order chi connectivity index (χ1) is 12.9. The van der Waals surface area contributed by atoms with Crippen LogP contribution in [0.25, 0.3) is 0 Å². The number of allylic oxidation sites excluding steroid dienone is 1. The minimum atomic E-state index is -0.167. The van der Waals surface area contributed by atoms with Crippen molar-refractivity contribution in [1.29, 1.82) is 0 Å². The van der Waals surface area contributed by atoms with Crippen LogP contribution in [0.1, 0.15) is 71.6 Å². The molecule has 0 unspecified atom stereocenters. The Balaban J connectivity index is 1.53. The van der Waals surface area contributed by atoms with Crippen molar-refractivity contribution in [1.82, 2.24) is 0 Å². The van der Waals surface area contributed by atoms with E-state index in [1.54, 1.807) is 0 Å². The number of hydrogen-bond acceptors (Lipinski definition) is 3. The zero-order chi connectivity index (χ0) is 19.2. The largest absolute Gasteiger partial charge is 0.461 e. The third kappa shape index (κ3) is 3.18. The summed E-state index contributed by atoms with van der Waals surface area (Å²) in [6.07, 6.45) is 10.7. The average Bonchev–Trinajstić information content (AvgIpc) is 2.97. The number of ether oxygens (including phenoxy) is 1. The highest BCUT2D eigenvalue weighted by atomic mass is 127. The lowest BCUT2D eigenvalue weighted by molar-refractivity contribution is -0.158. The fourth-order valence-electron chi connectivity index (χ4n) is 7.01. The third-order valence-electron chi connectivity index (χ3n) is 8.45. The molecule has 0 aromatic carbocycles. The summed E-state index contributed by atoms with van der Waals surface area (Å²) < 4.78 is 8.66.